The molecule has 46 heavy (non-hydrogen) atoms. The van der Waals surface area contributed by atoms with E-state index >= 15 is 0 Å². The van der Waals surface area contributed by atoms with Crippen molar-refractivity contribution in [3.8, 4) is 0 Å². The molecule has 0 radical (unpaired) electrons. The van der Waals surface area contributed by atoms with Crippen molar-refractivity contribution in [1.82, 2.24) is 21.3 Å². The molecule has 0 bridgehead atoms. The molecule has 21 nitrogen and oxygen atoms in total. The summed E-state index contributed by atoms with van der Waals surface area (Å²) < 4.78 is 0. The van der Waals surface area contributed by atoms with E-state index in [9.17, 15) is 58.2 Å². The quantitative estimate of drug-likeness (QED) is 0.0480. The molecule has 0 unspecified atom stereocenters. The second-order valence-electron chi connectivity index (χ2n) is 9.86. The highest BCUT2D eigenvalue weighted by Crippen LogP contribution is 2.07. The number of nitrogens with one attached hydrogen (secondary N) is 4. The SMILES string of the molecule is N[C@@H](CCC(=O)N[C@@H](CCC(=O)N[C@@H](CCC(=O)O)C(=O)N[C@@H](CCC(=O)O)C(=O)N[C@@H](CCC(=O)O)C(=O)O)C(=O)O)C(=O)O. The van der Waals surface area contributed by atoms with Crippen LogP contribution in [0.25, 0.3) is 0 Å². The number of carbonyl (C=O) groups is 10. The lowest BCUT2D eigenvalue weighted by molar-refractivity contribution is -0.144. The van der Waals surface area contributed by atoms with Gasteiger partial charge in [0.15, 0.2) is 0 Å². The normalized spacial score (nSPS) is 13.8. The predicted octanol–water partition coefficient (Wildman–Crippen LogP) is -3.34. The van der Waals surface area contributed by atoms with Crippen molar-refractivity contribution in [3.63, 3.8) is 0 Å². The van der Waals surface area contributed by atoms with Crippen molar-refractivity contribution >= 4 is 59.4 Å². The summed E-state index contributed by atoms with van der Waals surface area (Å²) in [4.78, 5) is 117. The van der Waals surface area contributed by atoms with Crippen LogP contribution >= 0.6 is 0 Å². The van der Waals surface area contributed by atoms with E-state index in [1.165, 1.54) is 0 Å². The number of nitrogens with two attached hydrogens (primary N) is 1. The molecule has 21 heteroatoms. The van der Waals surface area contributed by atoms with Crippen LogP contribution < -0.4 is 27.0 Å². The molecule has 0 fully saturated rings. The van der Waals surface area contributed by atoms with E-state index in [2.05, 4.69) is 16.0 Å². The van der Waals surface area contributed by atoms with Crippen LogP contribution in [-0.2, 0) is 47.9 Å². The zero-order valence-electron chi connectivity index (χ0n) is 24.3. The number of carbonyl (C=O) groups excluding carboxylic acids is 4. The molecule has 5 atom stereocenters. The zero-order chi connectivity index (χ0) is 35.6. The maximum absolute atomic E-state index is 13.0. The van der Waals surface area contributed by atoms with E-state index in [0.29, 0.717) is 0 Å². The standard InChI is InChI=1S/C25H37N5O16/c26-11(23(41)42)1-6-16(31)28-14(24(43)44)2-7-17(32)27-12(3-8-18(33)34)21(39)29-13(4-9-19(35)36)22(40)30-15(25(45)46)5-10-20(37)38/h11-15H,1-10,26H2,(H,27,32)(H,28,31)(H,29,39)(H,30,40)(H,33,34)(H,35,36)(H,37,38)(H,41,42)(H,43,44)(H,45,46)/t11-,12-,13-,14-,15-/m0/s1. The van der Waals surface area contributed by atoms with E-state index in [1.807, 2.05) is 5.32 Å². The summed E-state index contributed by atoms with van der Waals surface area (Å²) >= 11 is 0. The molecule has 0 spiro atoms. The number of hydrogen-bond donors (Lipinski definition) is 11. The molecule has 0 rings (SSSR count). The Balaban J connectivity index is 5.63. The van der Waals surface area contributed by atoms with E-state index < -0.39 is 147 Å². The third kappa shape index (κ3) is 17.7. The number of carboxylic acids is 6. The molecule has 0 aliphatic heterocycles. The Kier molecular flexibility index (Phi) is 18.2. The van der Waals surface area contributed by atoms with Crippen LogP contribution in [0.4, 0.5) is 0 Å². The fraction of sp³-hybridized carbons (Fsp3) is 0.600. The molecule has 0 saturated heterocycles. The van der Waals surface area contributed by atoms with Gasteiger partial charge in [-0.1, -0.05) is 0 Å². The van der Waals surface area contributed by atoms with Gasteiger partial charge in [-0.05, 0) is 32.1 Å². The maximum Gasteiger partial charge on any atom is 0.326 e. The van der Waals surface area contributed by atoms with E-state index in [4.69, 9.17) is 26.2 Å². The summed E-state index contributed by atoms with van der Waals surface area (Å²) in [5.74, 6) is -13.0. The minimum Gasteiger partial charge on any atom is -0.481 e. The molecule has 0 saturated carbocycles. The van der Waals surface area contributed by atoms with Crippen LogP contribution in [0.3, 0.4) is 0 Å². The van der Waals surface area contributed by atoms with Gasteiger partial charge < -0.3 is 57.6 Å². The summed E-state index contributed by atoms with van der Waals surface area (Å²) in [6.07, 6.45) is -5.65. The highest BCUT2D eigenvalue weighted by atomic mass is 16.4. The van der Waals surface area contributed by atoms with Crippen LogP contribution in [0.1, 0.15) is 64.2 Å². The topological polar surface area (TPSA) is 366 Å². The van der Waals surface area contributed by atoms with Gasteiger partial charge in [-0.25, -0.2) is 9.59 Å². The first-order valence-electron chi connectivity index (χ1n) is 13.6. The summed E-state index contributed by atoms with van der Waals surface area (Å²) in [5.41, 5.74) is 5.29. The van der Waals surface area contributed by atoms with Gasteiger partial charge in [-0.15, -0.1) is 0 Å². The molecule has 258 valence electrons. The lowest BCUT2D eigenvalue weighted by Crippen LogP contribution is -2.56. The highest BCUT2D eigenvalue weighted by Gasteiger charge is 2.31. The molecule has 12 N–H and O–H groups in total. The maximum atomic E-state index is 13.0. The van der Waals surface area contributed by atoms with Crippen molar-refractivity contribution in [2.75, 3.05) is 0 Å². The fourth-order valence-electron chi connectivity index (χ4n) is 3.62. The first-order valence-corrected chi connectivity index (χ1v) is 13.6. The summed E-state index contributed by atoms with van der Waals surface area (Å²) in [5, 5.41) is 62.6. The molecule has 0 aromatic heterocycles. The van der Waals surface area contributed by atoms with Gasteiger partial charge in [0.05, 0.1) is 0 Å². The van der Waals surface area contributed by atoms with Crippen molar-refractivity contribution in [2.45, 2.75) is 94.4 Å². The highest BCUT2D eigenvalue weighted by molar-refractivity contribution is 5.94. The molecule has 0 aromatic carbocycles. The Morgan fingerprint density at radius 1 is 0.413 bits per heavy atom. The monoisotopic (exact) mass is 663 g/mol. The smallest absolute Gasteiger partial charge is 0.326 e. The molecule has 0 aliphatic carbocycles. The molecule has 0 aromatic rings. The first-order chi connectivity index (χ1) is 21.3. The number of aliphatic carboxylic acids is 6. The van der Waals surface area contributed by atoms with Gasteiger partial charge in [0.1, 0.15) is 30.2 Å². The van der Waals surface area contributed by atoms with Crippen molar-refractivity contribution in [2.24, 2.45) is 5.73 Å². The van der Waals surface area contributed by atoms with Crippen LogP contribution in [0.15, 0.2) is 0 Å². The van der Waals surface area contributed by atoms with Gasteiger partial charge in [0, 0.05) is 32.1 Å². The van der Waals surface area contributed by atoms with Gasteiger partial charge in [0.2, 0.25) is 23.6 Å². The Bertz CT molecular complexity index is 1180. The molecule has 0 heterocycles. The Morgan fingerprint density at radius 3 is 1.11 bits per heavy atom. The predicted molar refractivity (Wildman–Crippen MR) is 148 cm³/mol. The van der Waals surface area contributed by atoms with E-state index in [-0.39, 0.29) is 6.42 Å². The van der Waals surface area contributed by atoms with Crippen molar-refractivity contribution in [1.29, 1.82) is 0 Å². The second kappa shape index (κ2) is 20.6. The van der Waals surface area contributed by atoms with E-state index in [1.54, 1.807) is 0 Å². The van der Waals surface area contributed by atoms with Gasteiger partial charge in [-0.2, -0.15) is 0 Å². The summed E-state index contributed by atoms with van der Waals surface area (Å²) in [7, 11) is 0. The van der Waals surface area contributed by atoms with Crippen LogP contribution in [0, 0.1) is 0 Å². The third-order valence-electron chi connectivity index (χ3n) is 6.13. The van der Waals surface area contributed by atoms with Gasteiger partial charge in [-0.3, -0.25) is 38.4 Å². The first kappa shape index (κ1) is 40.7. The van der Waals surface area contributed by atoms with Crippen LogP contribution in [0.2, 0.25) is 0 Å². The van der Waals surface area contributed by atoms with Crippen LogP contribution in [-0.4, -0.2) is 120 Å². The van der Waals surface area contributed by atoms with E-state index in [0.717, 1.165) is 0 Å². The lowest BCUT2D eigenvalue weighted by atomic mass is 10.1. The molecular weight excluding hydrogens is 626 g/mol. The van der Waals surface area contributed by atoms with Crippen molar-refractivity contribution in [3.05, 3.63) is 0 Å². The molecule has 4 amide bonds. The minimum atomic E-state index is -1.73. The average molecular weight is 664 g/mol. The Labute approximate surface area is 259 Å². The average Bonchev–Trinajstić information content (AvgIpc) is 2.95. The van der Waals surface area contributed by atoms with Gasteiger partial charge in [0.25, 0.3) is 0 Å². The largest absolute Gasteiger partial charge is 0.481 e. The third-order valence-corrected chi connectivity index (χ3v) is 6.13. The summed E-state index contributed by atoms with van der Waals surface area (Å²) in [6.45, 7) is 0. The number of amides is 4. The minimum absolute atomic E-state index is 0.306. The van der Waals surface area contributed by atoms with Crippen molar-refractivity contribution < 1.29 is 78.6 Å². The Morgan fingerprint density at radius 2 is 0.717 bits per heavy atom. The summed E-state index contributed by atoms with van der Waals surface area (Å²) in [6, 6.07) is -8.12. The molecular formula is C25H37N5O16. The lowest BCUT2D eigenvalue weighted by Gasteiger charge is -2.24. The second-order valence-corrected chi connectivity index (χ2v) is 9.86. The number of carboxylic acid groups (broad SMARTS) is 6. The van der Waals surface area contributed by atoms with Gasteiger partial charge >= 0.3 is 35.8 Å². The number of rotatable bonds is 24. The number of hydrogen-bond acceptors (Lipinski definition) is 11. The fourth-order valence-corrected chi connectivity index (χ4v) is 3.62. The zero-order valence-corrected chi connectivity index (χ0v) is 24.3. The molecule has 0 aliphatic rings. The van der Waals surface area contributed by atoms with Crippen LogP contribution in [0.5, 0.6) is 0 Å². The Hall–Kier alpha value is -5.34.